The zero-order valence-corrected chi connectivity index (χ0v) is 18.4. The molecule has 2 unspecified atom stereocenters. The van der Waals surface area contributed by atoms with Crippen LogP contribution >= 0.6 is 35.0 Å². The first kappa shape index (κ1) is 21.6. The van der Waals surface area contributed by atoms with Gasteiger partial charge >= 0.3 is 0 Å². The highest BCUT2D eigenvalue weighted by atomic mass is 35.5. The Balaban J connectivity index is 1.88. The third-order valence-corrected chi connectivity index (χ3v) is 6.03. The Labute approximate surface area is 185 Å². The molecule has 0 radical (unpaired) electrons. The number of carbonyl (C=O) groups excluding carboxylic acids is 1. The predicted octanol–water partition coefficient (Wildman–Crippen LogP) is 6.39. The van der Waals surface area contributed by atoms with Gasteiger partial charge in [0.25, 0.3) is 5.91 Å². The van der Waals surface area contributed by atoms with Crippen molar-refractivity contribution in [3.63, 3.8) is 0 Å². The number of carbonyl (C=O) groups is 1. The van der Waals surface area contributed by atoms with Gasteiger partial charge in [0.15, 0.2) is 6.10 Å². The monoisotopic (exact) mass is 445 g/mol. The zero-order valence-electron chi connectivity index (χ0n) is 16.1. The van der Waals surface area contributed by atoms with Crippen molar-refractivity contribution >= 4 is 40.9 Å². The van der Waals surface area contributed by atoms with Crippen LogP contribution in [0, 0.1) is 0 Å². The normalized spacial score (nSPS) is 12.8. The molecule has 0 aromatic heterocycles. The highest BCUT2D eigenvalue weighted by Crippen LogP contribution is 2.34. The molecule has 29 heavy (non-hydrogen) atoms. The van der Waals surface area contributed by atoms with E-state index in [9.17, 15) is 4.79 Å². The van der Waals surface area contributed by atoms with E-state index in [0.717, 1.165) is 16.0 Å². The van der Waals surface area contributed by atoms with Crippen LogP contribution in [0.5, 0.6) is 5.75 Å². The van der Waals surface area contributed by atoms with Crippen molar-refractivity contribution in [3.8, 4) is 5.75 Å². The highest BCUT2D eigenvalue weighted by Gasteiger charge is 2.24. The van der Waals surface area contributed by atoms with Crippen molar-refractivity contribution in [3.05, 3.63) is 94.0 Å². The Morgan fingerprint density at radius 2 is 1.66 bits per heavy atom. The number of para-hydroxylation sites is 1. The summed E-state index contributed by atoms with van der Waals surface area (Å²) >= 11 is 14.4. The molecule has 0 aliphatic rings. The number of halogens is 2. The van der Waals surface area contributed by atoms with Gasteiger partial charge in [-0.25, -0.2) is 0 Å². The second kappa shape index (κ2) is 10.1. The van der Waals surface area contributed by atoms with Gasteiger partial charge in [-0.05, 0) is 54.6 Å². The second-order valence-corrected chi connectivity index (χ2v) is 8.10. The minimum absolute atomic E-state index is 0.246. The number of amides is 1. The lowest BCUT2D eigenvalue weighted by molar-refractivity contribution is -0.127. The van der Waals surface area contributed by atoms with E-state index < -0.39 is 12.1 Å². The van der Waals surface area contributed by atoms with Crippen LogP contribution in [0.2, 0.25) is 10.0 Å². The van der Waals surface area contributed by atoms with Gasteiger partial charge in [0.05, 0.1) is 16.1 Å². The Bertz CT molecular complexity index is 964. The summed E-state index contributed by atoms with van der Waals surface area (Å²) in [7, 11) is 0. The lowest BCUT2D eigenvalue weighted by atomic mass is 9.98. The van der Waals surface area contributed by atoms with Crippen LogP contribution in [-0.4, -0.2) is 18.3 Å². The van der Waals surface area contributed by atoms with Crippen molar-refractivity contribution < 1.29 is 9.53 Å². The summed E-state index contributed by atoms with van der Waals surface area (Å²) in [5.41, 5.74) is 1.64. The van der Waals surface area contributed by atoms with Crippen LogP contribution < -0.4 is 10.1 Å². The third kappa shape index (κ3) is 5.47. The van der Waals surface area contributed by atoms with Crippen molar-refractivity contribution in [1.29, 1.82) is 0 Å². The quantitative estimate of drug-likeness (QED) is 0.428. The Morgan fingerprint density at radius 3 is 2.31 bits per heavy atom. The van der Waals surface area contributed by atoms with Crippen LogP contribution in [0.1, 0.15) is 24.1 Å². The van der Waals surface area contributed by atoms with Gasteiger partial charge in [-0.3, -0.25) is 4.79 Å². The summed E-state index contributed by atoms with van der Waals surface area (Å²) in [5.74, 6) is 0.389. The smallest absolute Gasteiger partial charge is 0.261 e. The standard InChI is InChI=1S/C23H21Cl2NO2S/c1-15(28-17-7-4-3-5-8-17)23(27)26-22(16-11-13-18(29-2)14-12-16)19-9-6-10-20(24)21(19)25/h3-15,22H,1-2H3,(H,26,27). The molecule has 0 saturated heterocycles. The van der Waals surface area contributed by atoms with E-state index in [0.29, 0.717) is 15.8 Å². The molecule has 150 valence electrons. The molecule has 3 aromatic carbocycles. The summed E-state index contributed by atoms with van der Waals surface area (Å²) < 4.78 is 5.76. The van der Waals surface area contributed by atoms with E-state index >= 15 is 0 Å². The first-order valence-corrected chi connectivity index (χ1v) is 11.1. The van der Waals surface area contributed by atoms with Gasteiger partial charge in [-0.2, -0.15) is 0 Å². The molecule has 3 rings (SSSR count). The Hall–Kier alpha value is -2.14. The van der Waals surface area contributed by atoms with E-state index in [4.69, 9.17) is 27.9 Å². The molecule has 0 heterocycles. The van der Waals surface area contributed by atoms with Crippen LogP contribution in [0.15, 0.2) is 77.7 Å². The molecule has 3 nitrogen and oxygen atoms in total. The molecule has 0 saturated carbocycles. The van der Waals surface area contributed by atoms with Crippen LogP contribution in [0.25, 0.3) is 0 Å². The molecule has 0 aliphatic heterocycles. The van der Waals surface area contributed by atoms with Gasteiger partial charge in [0.2, 0.25) is 0 Å². The van der Waals surface area contributed by atoms with Gasteiger partial charge < -0.3 is 10.1 Å². The average molecular weight is 446 g/mol. The molecule has 0 aliphatic carbocycles. The second-order valence-electron chi connectivity index (χ2n) is 6.43. The maximum absolute atomic E-state index is 12.9. The average Bonchev–Trinajstić information content (AvgIpc) is 2.75. The first-order valence-electron chi connectivity index (χ1n) is 9.09. The summed E-state index contributed by atoms with van der Waals surface area (Å²) in [6.07, 6.45) is 1.34. The Kier molecular flexibility index (Phi) is 7.48. The van der Waals surface area contributed by atoms with Crippen molar-refractivity contribution in [2.24, 2.45) is 0 Å². The minimum Gasteiger partial charge on any atom is -0.481 e. The van der Waals surface area contributed by atoms with Crippen LogP contribution in [-0.2, 0) is 4.79 Å². The fourth-order valence-corrected chi connectivity index (χ4v) is 3.72. The van der Waals surface area contributed by atoms with E-state index in [1.807, 2.05) is 73.0 Å². The fraction of sp³-hybridized carbons (Fsp3) is 0.174. The lowest BCUT2D eigenvalue weighted by Crippen LogP contribution is -2.39. The van der Waals surface area contributed by atoms with Gasteiger partial charge in [-0.15, -0.1) is 11.8 Å². The van der Waals surface area contributed by atoms with Gasteiger partial charge in [0, 0.05) is 4.90 Å². The number of hydrogen-bond acceptors (Lipinski definition) is 3. The number of hydrogen-bond donors (Lipinski definition) is 1. The summed E-state index contributed by atoms with van der Waals surface area (Å²) in [4.78, 5) is 14.0. The van der Waals surface area contributed by atoms with E-state index in [1.54, 1.807) is 24.8 Å². The molecule has 0 bridgehead atoms. The molecule has 2 atom stereocenters. The maximum Gasteiger partial charge on any atom is 0.261 e. The Morgan fingerprint density at radius 1 is 0.966 bits per heavy atom. The number of ether oxygens (including phenoxy) is 1. The van der Waals surface area contributed by atoms with Crippen LogP contribution in [0.3, 0.4) is 0 Å². The number of nitrogens with one attached hydrogen (secondary N) is 1. The maximum atomic E-state index is 12.9. The largest absolute Gasteiger partial charge is 0.481 e. The lowest BCUT2D eigenvalue weighted by Gasteiger charge is -2.24. The molecule has 6 heteroatoms. The number of benzene rings is 3. The molecule has 1 N–H and O–H groups in total. The molecular formula is C23H21Cl2NO2S. The molecule has 3 aromatic rings. The predicted molar refractivity (Wildman–Crippen MR) is 121 cm³/mol. The molecule has 1 amide bonds. The topological polar surface area (TPSA) is 38.3 Å². The third-order valence-electron chi connectivity index (χ3n) is 4.45. The van der Waals surface area contributed by atoms with Crippen molar-refractivity contribution in [1.82, 2.24) is 5.32 Å². The van der Waals surface area contributed by atoms with Crippen molar-refractivity contribution in [2.75, 3.05) is 6.26 Å². The summed E-state index contributed by atoms with van der Waals surface area (Å²) in [6.45, 7) is 1.72. The highest BCUT2D eigenvalue weighted by molar-refractivity contribution is 7.98. The van der Waals surface area contributed by atoms with E-state index in [2.05, 4.69) is 5.32 Å². The summed E-state index contributed by atoms with van der Waals surface area (Å²) in [5, 5.41) is 3.93. The van der Waals surface area contributed by atoms with Gasteiger partial charge in [-0.1, -0.05) is 65.7 Å². The number of rotatable bonds is 7. The van der Waals surface area contributed by atoms with Gasteiger partial charge in [0.1, 0.15) is 5.75 Å². The SMILES string of the molecule is CSc1ccc(C(NC(=O)C(C)Oc2ccccc2)c2cccc(Cl)c2Cl)cc1. The first-order chi connectivity index (χ1) is 14.0. The fourth-order valence-electron chi connectivity index (χ4n) is 2.90. The zero-order chi connectivity index (χ0) is 20.8. The number of thioether (sulfide) groups is 1. The van der Waals surface area contributed by atoms with E-state index in [-0.39, 0.29) is 5.91 Å². The van der Waals surface area contributed by atoms with Crippen LogP contribution in [0.4, 0.5) is 0 Å². The molecular weight excluding hydrogens is 425 g/mol. The minimum atomic E-state index is -0.677. The molecule has 0 spiro atoms. The summed E-state index contributed by atoms with van der Waals surface area (Å²) in [6, 6.07) is 22.2. The van der Waals surface area contributed by atoms with Crippen molar-refractivity contribution in [2.45, 2.75) is 24.0 Å². The molecule has 0 fully saturated rings. The van der Waals surface area contributed by atoms with E-state index in [1.165, 1.54) is 0 Å².